The van der Waals surface area contributed by atoms with Crippen LogP contribution in [-0.2, 0) is 4.74 Å². The normalized spacial score (nSPS) is 22.3. The highest BCUT2D eigenvalue weighted by molar-refractivity contribution is 9.10. The van der Waals surface area contributed by atoms with Crippen LogP contribution in [0.2, 0.25) is 0 Å². The van der Waals surface area contributed by atoms with Crippen molar-refractivity contribution >= 4 is 22.0 Å². The van der Waals surface area contributed by atoms with Crippen LogP contribution in [0, 0.1) is 17.0 Å². The molecule has 2 rings (SSSR count). The number of halogens is 3. The first-order chi connectivity index (χ1) is 8.33. The van der Waals surface area contributed by atoms with Crippen molar-refractivity contribution < 1.29 is 18.3 Å². The molecule has 1 N–H and O–H groups in total. The SMILES string of the molecule is CC1(C)COC(=O)N[C@@H]1c1c(F)ccc(Br)c1F. The number of amides is 1. The third-order valence-electron chi connectivity index (χ3n) is 2.99. The van der Waals surface area contributed by atoms with Crippen LogP contribution in [0.15, 0.2) is 16.6 Å². The number of rotatable bonds is 1. The molecule has 98 valence electrons. The van der Waals surface area contributed by atoms with Gasteiger partial charge < -0.3 is 10.1 Å². The highest BCUT2D eigenvalue weighted by atomic mass is 79.9. The molecular formula is C12H12BrF2NO2. The average molecular weight is 320 g/mol. The minimum atomic E-state index is -0.767. The molecule has 1 atom stereocenters. The first kappa shape index (κ1) is 13.3. The van der Waals surface area contributed by atoms with Crippen LogP contribution in [0.4, 0.5) is 13.6 Å². The highest BCUT2D eigenvalue weighted by Crippen LogP contribution is 2.39. The number of hydrogen-bond donors (Lipinski definition) is 1. The summed E-state index contributed by atoms with van der Waals surface area (Å²) in [6.45, 7) is 3.66. The van der Waals surface area contributed by atoms with E-state index in [1.165, 1.54) is 12.1 Å². The first-order valence-corrected chi connectivity index (χ1v) is 6.19. The van der Waals surface area contributed by atoms with Gasteiger partial charge in [0.05, 0.1) is 10.5 Å². The van der Waals surface area contributed by atoms with Crippen LogP contribution < -0.4 is 5.32 Å². The summed E-state index contributed by atoms with van der Waals surface area (Å²) < 4.78 is 32.9. The lowest BCUT2D eigenvalue weighted by atomic mass is 9.80. The molecule has 6 heteroatoms. The summed E-state index contributed by atoms with van der Waals surface area (Å²) in [6.07, 6.45) is -0.668. The van der Waals surface area contributed by atoms with Crippen LogP contribution in [0.25, 0.3) is 0 Å². The van der Waals surface area contributed by atoms with Crippen molar-refractivity contribution in [1.82, 2.24) is 5.32 Å². The van der Waals surface area contributed by atoms with Gasteiger partial charge in [-0.3, -0.25) is 0 Å². The molecule has 1 aliphatic heterocycles. The number of hydrogen-bond acceptors (Lipinski definition) is 2. The van der Waals surface area contributed by atoms with Gasteiger partial charge in [-0.05, 0) is 28.1 Å². The van der Waals surface area contributed by atoms with E-state index in [4.69, 9.17) is 4.74 Å². The second-order valence-electron chi connectivity index (χ2n) is 4.90. The quantitative estimate of drug-likeness (QED) is 0.804. The third-order valence-corrected chi connectivity index (χ3v) is 3.60. The van der Waals surface area contributed by atoms with Crippen molar-refractivity contribution in [3.63, 3.8) is 0 Å². The van der Waals surface area contributed by atoms with Gasteiger partial charge >= 0.3 is 6.09 Å². The van der Waals surface area contributed by atoms with Gasteiger partial charge in [0.1, 0.15) is 18.2 Å². The van der Waals surface area contributed by atoms with Crippen molar-refractivity contribution in [3.05, 3.63) is 33.8 Å². The van der Waals surface area contributed by atoms with E-state index < -0.39 is 29.2 Å². The Labute approximate surface area is 112 Å². The van der Waals surface area contributed by atoms with Gasteiger partial charge in [0.15, 0.2) is 0 Å². The Hall–Kier alpha value is -1.17. The van der Waals surface area contributed by atoms with Gasteiger partial charge in [0.2, 0.25) is 0 Å². The second kappa shape index (κ2) is 4.50. The molecule has 0 aromatic heterocycles. The van der Waals surface area contributed by atoms with E-state index in [1.54, 1.807) is 13.8 Å². The van der Waals surface area contributed by atoms with Crippen LogP contribution >= 0.6 is 15.9 Å². The van der Waals surface area contributed by atoms with E-state index in [0.29, 0.717) is 0 Å². The molecule has 0 radical (unpaired) electrons. The minimum absolute atomic E-state index is 0.106. The molecule has 0 bridgehead atoms. The van der Waals surface area contributed by atoms with E-state index in [9.17, 15) is 13.6 Å². The zero-order valence-corrected chi connectivity index (χ0v) is 11.5. The molecule has 1 fully saturated rings. The van der Waals surface area contributed by atoms with E-state index in [0.717, 1.165) is 0 Å². The van der Waals surface area contributed by atoms with Crippen molar-refractivity contribution in [2.24, 2.45) is 5.41 Å². The topological polar surface area (TPSA) is 38.3 Å². The van der Waals surface area contributed by atoms with Crippen LogP contribution in [0.3, 0.4) is 0 Å². The number of nitrogens with one attached hydrogen (secondary N) is 1. The van der Waals surface area contributed by atoms with Gasteiger partial charge in [-0.1, -0.05) is 13.8 Å². The smallest absolute Gasteiger partial charge is 0.407 e. The predicted octanol–water partition coefficient (Wildman–Crippen LogP) is 3.53. The van der Waals surface area contributed by atoms with Crippen molar-refractivity contribution in [2.75, 3.05) is 6.61 Å². The molecule has 1 aromatic rings. The minimum Gasteiger partial charge on any atom is -0.449 e. The van der Waals surface area contributed by atoms with Crippen molar-refractivity contribution in [3.8, 4) is 0 Å². The second-order valence-corrected chi connectivity index (χ2v) is 5.75. The molecule has 0 spiro atoms. The third kappa shape index (κ3) is 2.21. The molecule has 1 heterocycles. The van der Waals surface area contributed by atoms with Gasteiger partial charge in [-0.25, -0.2) is 13.6 Å². The van der Waals surface area contributed by atoms with E-state index in [1.807, 2.05) is 0 Å². The predicted molar refractivity (Wildman–Crippen MR) is 65.1 cm³/mol. The number of carbonyl (C=O) groups excluding carboxylic acids is 1. The molecule has 18 heavy (non-hydrogen) atoms. The highest BCUT2D eigenvalue weighted by Gasteiger charge is 2.41. The van der Waals surface area contributed by atoms with E-state index in [-0.39, 0.29) is 16.6 Å². The molecule has 1 aliphatic rings. The largest absolute Gasteiger partial charge is 0.449 e. The summed E-state index contributed by atoms with van der Waals surface area (Å²) in [6, 6.07) is 1.69. The maximum Gasteiger partial charge on any atom is 0.407 e. The summed E-state index contributed by atoms with van der Waals surface area (Å²) in [5.74, 6) is -1.38. The summed E-state index contributed by atoms with van der Waals surface area (Å²) in [5.41, 5.74) is -0.748. The van der Waals surface area contributed by atoms with E-state index >= 15 is 0 Å². The molecule has 1 aromatic carbocycles. The Morgan fingerprint density at radius 1 is 1.44 bits per heavy atom. The molecule has 0 aliphatic carbocycles. The van der Waals surface area contributed by atoms with Crippen LogP contribution in [-0.4, -0.2) is 12.7 Å². The number of alkyl carbamates (subject to hydrolysis) is 1. The molecule has 0 saturated carbocycles. The first-order valence-electron chi connectivity index (χ1n) is 5.39. The van der Waals surface area contributed by atoms with Gasteiger partial charge in [-0.15, -0.1) is 0 Å². The Balaban J connectivity index is 2.52. The number of ether oxygens (including phenoxy) is 1. The molecule has 1 amide bonds. The van der Waals surface area contributed by atoms with Crippen LogP contribution in [0.5, 0.6) is 0 Å². The number of benzene rings is 1. The lowest BCUT2D eigenvalue weighted by Crippen LogP contribution is -2.47. The zero-order chi connectivity index (χ0) is 13.5. The lowest BCUT2D eigenvalue weighted by molar-refractivity contribution is 0.0367. The lowest BCUT2D eigenvalue weighted by Gasteiger charge is -2.38. The maximum absolute atomic E-state index is 14.0. The Morgan fingerprint density at radius 3 is 2.78 bits per heavy atom. The Morgan fingerprint density at radius 2 is 2.11 bits per heavy atom. The molecular weight excluding hydrogens is 308 g/mol. The van der Waals surface area contributed by atoms with Crippen molar-refractivity contribution in [1.29, 1.82) is 0 Å². The Kier molecular flexibility index (Phi) is 3.31. The molecule has 3 nitrogen and oxygen atoms in total. The summed E-state index contributed by atoms with van der Waals surface area (Å²) in [4.78, 5) is 11.3. The number of cyclic esters (lactones) is 1. The van der Waals surface area contributed by atoms with E-state index in [2.05, 4.69) is 21.2 Å². The standard InChI is InChI=1S/C12H12BrF2NO2/c1-12(2)5-18-11(17)16-10(12)8-7(14)4-3-6(13)9(8)15/h3-4,10H,5H2,1-2H3,(H,16,17)/t10-/m1/s1. The van der Waals surface area contributed by atoms with Gasteiger partial charge in [0, 0.05) is 11.0 Å². The maximum atomic E-state index is 14.0. The monoisotopic (exact) mass is 319 g/mol. The molecule has 0 unspecified atom stereocenters. The summed E-state index contributed by atoms with van der Waals surface area (Å²) in [5, 5.41) is 2.47. The zero-order valence-electron chi connectivity index (χ0n) is 9.89. The average Bonchev–Trinajstić information content (AvgIpc) is 2.29. The summed E-state index contributed by atoms with van der Waals surface area (Å²) in [7, 11) is 0. The fraction of sp³-hybridized carbons (Fsp3) is 0.417. The Bertz CT molecular complexity index is 505. The van der Waals surface area contributed by atoms with Gasteiger partial charge in [0.25, 0.3) is 0 Å². The fourth-order valence-electron chi connectivity index (χ4n) is 1.96. The summed E-state index contributed by atoms with van der Waals surface area (Å²) >= 11 is 3.01. The fourth-order valence-corrected chi connectivity index (χ4v) is 2.31. The molecule has 1 saturated heterocycles. The van der Waals surface area contributed by atoms with Gasteiger partial charge in [-0.2, -0.15) is 0 Å². The van der Waals surface area contributed by atoms with Crippen LogP contribution in [0.1, 0.15) is 25.5 Å². The number of carbonyl (C=O) groups is 1. The van der Waals surface area contributed by atoms with Crippen molar-refractivity contribution in [2.45, 2.75) is 19.9 Å².